The topological polar surface area (TPSA) is 33.2 Å². The highest BCUT2D eigenvalue weighted by atomic mass is 35.5. The Morgan fingerprint density at radius 2 is 2.09 bits per heavy atom. The summed E-state index contributed by atoms with van der Waals surface area (Å²) in [5.74, 6) is 0.909. The fourth-order valence-corrected chi connectivity index (χ4v) is 4.74. The summed E-state index contributed by atoms with van der Waals surface area (Å²) in [6.45, 7) is 2.87. The third-order valence-electron chi connectivity index (χ3n) is 4.18. The van der Waals surface area contributed by atoms with Gasteiger partial charge in [0.05, 0.1) is 14.9 Å². The van der Waals surface area contributed by atoms with E-state index in [-0.39, 0.29) is 5.91 Å². The third-order valence-corrected chi connectivity index (χ3v) is 6.72. The lowest BCUT2D eigenvalue weighted by Crippen LogP contribution is -2.34. The van der Waals surface area contributed by atoms with Gasteiger partial charge in [-0.2, -0.15) is 0 Å². The van der Waals surface area contributed by atoms with E-state index in [0.29, 0.717) is 6.04 Å². The van der Waals surface area contributed by atoms with Crippen LogP contribution in [0.5, 0.6) is 0 Å². The Morgan fingerprint density at radius 1 is 1.32 bits per heavy atom. The van der Waals surface area contributed by atoms with Gasteiger partial charge in [-0.25, -0.2) is 4.98 Å². The average molecular weight is 353 g/mol. The van der Waals surface area contributed by atoms with E-state index in [2.05, 4.69) is 9.88 Å². The molecule has 2 fully saturated rings. The van der Waals surface area contributed by atoms with E-state index in [1.165, 1.54) is 35.5 Å². The van der Waals surface area contributed by atoms with Gasteiger partial charge in [0.25, 0.3) is 5.91 Å². The highest BCUT2D eigenvalue weighted by Gasteiger charge is 2.38. The normalized spacial score (nSPS) is 17.7. The number of rotatable bonds is 5. The van der Waals surface area contributed by atoms with Crippen LogP contribution in [0.3, 0.4) is 0 Å². The van der Waals surface area contributed by atoms with Crippen LogP contribution in [0.2, 0.25) is 4.34 Å². The van der Waals surface area contributed by atoms with Gasteiger partial charge in [0, 0.05) is 12.6 Å². The highest BCUT2D eigenvalue weighted by Crippen LogP contribution is 2.38. The molecule has 4 rings (SSSR count). The minimum atomic E-state index is 0.179. The molecule has 116 valence electrons. The summed E-state index contributed by atoms with van der Waals surface area (Å²) >= 11 is 9.02. The summed E-state index contributed by atoms with van der Waals surface area (Å²) in [7, 11) is 0. The summed E-state index contributed by atoms with van der Waals surface area (Å²) in [4.78, 5) is 21.5. The number of nitrogens with zero attached hydrogens (tertiary/aromatic N) is 2. The molecule has 0 atom stereocenters. The van der Waals surface area contributed by atoms with E-state index in [1.807, 2.05) is 19.1 Å². The van der Waals surface area contributed by atoms with Crippen LogP contribution in [0.4, 0.5) is 0 Å². The first-order valence-electron chi connectivity index (χ1n) is 7.66. The second-order valence-corrected chi connectivity index (χ2v) is 8.88. The van der Waals surface area contributed by atoms with Gasteiger partial charge in [-0.1, -0.05) is 11.6 Å². The monoisotopic (exact) mass is 352 g/mol. The van der Waals surface area contributed by atoms with Crippen LogP contribution in [0.25, 0.3) is 9.88 Å². The van der Waals surface area contributed by atoms with Crippen molar-refractivity contribution in [2.45, 2.75) is 38.6 Å². The Kier molecular flexibility index (Phi) is 3.75. The molecule has 2 aliphatic rings. The summed E-state index contributed by atoms with van der Waals surface area (Å²) in [5.41, 5.74) is 0.843. The molecule has 2 saturated carbocycles. The maximum atomic E-state index is 12.9. The Labute approximate surface area is 142 Å². The Hall–Kier alpha value is -0.910. The molecule has 2 aliphatic carbocycles. The van der Waals surface area contributed by atoms with Crippen molar-refractivity contribution in [3.8, 4) is 9.88 Å². The van der Waals surface area contributed by atoms with E-state index in [4.69, 9.17) is 11.6 Å². The van der Waals surface area contributed by atoms with Gasteiger partial charge < -0.3 is 4.90 Å². The number of amides is 1. The lowest BCUT2D eigenvalue weighted by Gasteiger charge is -2.21. The molecule has 3 nitrogen and oxygen atoms in total. The summed E-state index contributed by atoms with van der Waals surface area (Å²) in [6.07, 6.45) is 4.86. The van der Waals surface area contributed by atoms with Gasteiger partial charge in [-0.3, -0.25) is 4.79 Å². The molecule has 0 aromatic carbocycles. The van der Waals surface area contributed by atoms with Gasteiger partial charge in [0.15, 0.2) is 0 Å². The third kappa shape index (κ3) is 2.94. The maximum absolute atomic E-state index is 12.9. The molecule has 0 spiro atoms. The first-order chi connectivity index (χ1) is 10.6. The minimum Gasteiger partial charge on any atom is -0.335 e. The number of aromatic nitrogens is 1. The van der Waals surface area contributed by atoms with E-state index in [9.17, 15) is 4.79 Å². The molecule has 1 amide bonds. The standard InChI is InChI=1S/C16H17ClN2OS2/c1-9-14(22-15(18-9)12-6-7-13(17)21-12)16(20)19(11-4-5-11)8-10-2-3-10/h6-7,10-11H,2-5,8H2,1H3. The van der Waals surface area contributed by atoms with Crippen molar-refractivity contribution in [3.05, 3.63) is 27.0 Å². The number of hydrogen-bond acceptors (Lipinski definition) is 4. The number of carbonyl (C=O) groups excluding carboxylic acids is 1. The Morgan fingerprint density at radius 3 is 2.68 bits per heavy atom. The molecule has 0 N–H and O–H groups in total. The molecule has 0 aliphatic heterocycles. The number of carbonyl (C=O) groups is 1. The fraction of sp³-hybridized carbons (Fsp3) is 0.500. The first kappa shape index (κ1) is 14.7. The van der Waals surface area contributed by atoms with Gasteiger partial charge in [0.1, 0.15) is 9.88 Å². The van der Waals surface area contributed by atoms with Crippen molar-refractivity contribution in [1.29, 1.82) is 0 Å². The van der Waals surface area contributed by atoms with Crippen LogP contribution >= 0.6 is 34.3 Å². The molecule has 0 radical (unpaired) electrons. The van der Waals surface area contributed by atoms with E-state index in [0.717, 1.165) is 50.1 Å². The molecule has 6 heteroatoms. The molecule has 0 saturated heterocycles. The minimum absolute atomic E-state index is 0.179. The SMILES string of the molecule is Cc1nc(-c2ccc(Cl)s2)sc1C(=O)N(CC1CC1)C1CC1. The second-order valence-electron chi connectivity index (χ2n) is 6.17. The highest BCUT2D eigenvalue weighted by molar-refractivity contribution is 7.24. The molecule has 2 aromatic rings. The van der Waals surface area contributed by atoms with Crippen LogP contribution in [0.15, 0.2) is 12.1 Å². The first-order valence-corrected chi connectivity index (χ1v) is 9.67. The number of halogens is 1. The predicted octanol–water partition coefficient (Wildman–Crippen LogP) is 4.85. The van der Waals surface area contributed by atoms with E-state index < -0.39 is 0 Å². The Bertz CT molecular complexity index is 716. The van der Waals surface area contributed by atoms with Crippen molar-refractivity contribution < 1.29 is 4.79 Å². The van der Waals surface area contributed by atoms with Gasteiger partial charge >= 0.3 is 0 Å². The van der Waals surface area contributed by atoms with Crippen molar-refractivity contribution >= 4 is 40.2 Å². The smallest absolute Gasteiger partial charge is 0.266 e. The van der Waals surface area contributed by atoms with Crippen LogP contribution in [0.1, 0.15) is 41.0 Å². The molecular weight excluding hydrogens is 336 g/mol. The summed E-state index contributed by atoms with van der Waals surface area (Å²) < 4.78 is 0.754. The summed E-state index contributed by atoms with van der Waals surface area (Å²) in [6, 6.07) is 4.32. The zero-order valence-corrected chi connectivity index (χ0v) is 14.7. The van der Waals surface area contributed by atoms with Gasteiger partial charge in [-0.15, -0.1) is 22.7 Å². The molecule has 22 heavy (non-hydrogen) atoms. The predicted molar refractivity (Wildman–Crippen MR) is 92.0 cm³/mol. The number of thiazole rings is 1. The number of aryl methyl sites for hydroxylation is 1. The van der Waals surface area contributed by atoms with Crippen molar-refractivity contribution in [2.75, 3.05) is 6.54 Å². The molecule has 2 aromatic heterocycles. The summed E-state index contributed by atoms with van der Waals surface area (Å²) in [5, 5.41) is 0.903. The van der Waals surface area contributed by atoms with Crippen molar-refractivity contribution in [2.24, 2.45) is 5.92 Å². The molecule has 2 heterocycles. The van der Waals surface area contributed by atoms with Crippen LogP contribution in [0, 0.1) is 12.8 Å². The van der Waals surface area contributed by atoms with Gasteiger partial charge in [-0.05, 0) is 50.7 Å². The fourth-order valence-electron chi connectivity index (χ4n) is 2.62. The lowest BCUT2D eigenvalue weighted by atomic mass is 10.3. The van der Waals surface area contributed by atoms with Gasteiger partial charge in [0.2, 0.25) is 0 Å². The zero-order chi connectivity index (χ0) is 15.3. The van der Waals surface area contributed by atoms with Crippen LogP contribution in [-0.2, 0) is 0 Å². The van der Waals surface area contributed by atoms with Crippen molar-refractivity contribution in [1.82, 2.24) is 9.88 Å². The number of hydrogen-bond donors (Lipinski definition) is 0. The quantitative estimate of drug-likeness (QED) is 0.770. The van der Waals surface area contributed by atoms with Crippen LogP contribution < -0.4 is 0 Å². The lowest BCUT2D eigenvalue weighted by molar-refractivity contribution is 0.0739. The van der Waals surface area contributed by atoms with E-state index in [1.54, 1.807) is 0 Å². The molecule has 0 bridgehead atoms. The van der Waals surface area contributed by atoms with Crippen LogP contribution in [-0.4, -0.2) is 28.4 Å². The van der Waals surface area contributed by atoms with E-state index >= 15 is 0 Å². The molecule has 0 unspecified atom stereocenters. The Balaban J connectivity index is 1.60. The maximum Gasteiger partial charge on any atom is 0.266 e. The second kappa shape index (κ2) is 5.62. The zero-order valence-electron chi connectivity index (χ0n) is 12.3. The molecular formula is C16H17ClN2OS2. The number of thiophene rings is 1. The largest absolute Gasteiger partial charge is 0.335 e. The average Bonchev–Trinajstić information content (AvgIpc) is 3.39. The van der Waals surface area contributed by atoms with Crippen molar-refractivity contribution in [3.63, 3.8) is 0 Å².